The third-order valence-corrected chi connectivity index (χ3v) is 2.96. The average Bonchev–Trinajstić information content (AvgIpc) is 2.88. The minimum Gasteiger partial charge on any atom is -0.496 e. The second-order valence-corrected chi connectivity index (χ2v) is 3.91. The molecule has 0 radical (unpaired) electrons. The molecule has 0 aliphatic carbocycles. The maximum absolute atomic E-state index is 5.70. The number of nitrogens with one attached hydrogen (secondary N) is 1. The highest BCUT2D eigenvalue weighted by atomic mass is 16.5. The van der Waals surface area contributed by atoms with Crippen LogP contribution in [0.1, 0.15) is 24.2 Å². The Morgan fingerprint density at radius 1 is 1.39 bits per heavy atom. The molecule has 1 aromatic carbocycles. The molecule has 3 N–H and O–H groups in total. The lowest BCUT2D eigenvalue weighted by molar-refractivity contribution is 0.402. The molecular weight excluding hydrogens is 228 g/mol. The first kappa shape index (κ1) is 12.6. The molecule has 0 fully saturated rings. The second-order valence-electron chi connectivity index (χ2n) is 3.91. The van der Waals surface area contributed by atoms with Crippen LogP contribution in [0.4, 0.5) is 0 Å². The van der Waals surface area contributed by atoms with Crippen LogP contribution in [-0.2, 0) is 6.54 Å². The van der Waals surface area contributed by atoms with Crippen molar-refractivity contribution in [3.63, 3.8) is 0 Å². The molecule has 0 aliphatic heterocycles. The Morgan fingerprint density at radius 2 is 2.17 bits per heavy atom. The van der Waals surface area contributed by atoms with E-state index in [9.17, 15) is 0 Å². The molecule has 0 saturated heterocycles. The van der Waals surface area contributed by atoms with Crippen LogP contribution in [0, 0.1) is 0 Å². The van der Waals surface area contributed by atoms with Gasteiger partial charge in [-0.25, -0.2) is 5.43 Å². The molecule has 18 heavy (non-hydrogen) atoms. The van der Waals surface area contributed by atoms with E-state index in [-0.39, 0.29) is 6.04 Å². The summed E-state index contributed by atoms with van der Waals surface area (Å²) in [5.74, 6) is 6.51. The lowest BCUT2D eigenvalue weighted by Crippen LogP contribution is -2.31. The highest BCUT2D eigenvalue weighted by molar-refractivity contribution is 5.39. The highest BCUT2D eigenvalue weighted by Gasteiger charge is 2.19. The first-order chi connectivity index (χ1) is 8.81. The fourth-order valence-corrected chi connectivity index (χ4v) is 2.09. The van der Waals surface area contributed by atoms with Crippen LogP contribution in [0.5, 0.6) is 5.75 Å². The van der Waals surface area contributed by atoms with E-state index < -0.39 is 0 Å². The highest BCUT2D eigenvalue weighted by Crippen LogP contribution is 2.28. The summed E-state index contributed by atoms with van der Waals surface area (Å²) in [6, 6.07) is 9.65. The quantitative estimate of drug-likeness (QED) is 0.619. The summed E-state index contributed by atoms with van der Waals surface area (Å²) in [6.45, 7) is 2.85. The van der Waals surface area contributed by atoms with Gasteiger partial charge in [0.2, 0.25) is 0 Å². The number of rotatable bonds is 5. The first-order valence-corrected chi connectivity index (χ1v) is 5.92. The number of nitrogens with two attached hydrogens (primary N) is 1. The van der Waals surface area contributed by atoms with Crippen LogP contribution in [0.25, 0.3) is 0 Å². The standard InChI is InChI=1S/C13H18N4O/c1-3-17-11(8-9-15-17)13(16-14)10-6-4-5-7-12(10)18-2/h4-9,13,16H,3,14H2,1-2H3. The van der Waals surface area contributed by atoms with Gasteiger partial charge in [-0.1, -0.05) is 18.2 Å². The van der Waals surface area contributed by atoms with Gasteiger partial charge in [-0.05, 0) is 19.1 Å². The number of methoxy groups -OCH3 is 1. The predicted octanol–water partition coefficient (Wildman–Crippen LogP) is 1.46. The van der Waals surface area contributed by atoms with Gasteiger partial charge in [0, 0.05) is 18.3 Å². The van der Waals surface area contributed by atoms with Crippen molar-refractivity contribution >= 4 is 0 Å². The summed E-state index contributed by atoms with van der Waals surface area (Å²) in [5, 5.41) is 4.26. The number of nitrogens with zero attached hydrogens (tertiary/aromatic N) is 2. The lowest BCUT2D eigenvalue weighted by Gasteiger charge is -2.19. The van der Waals surface area contributed by atoms with E-state index in [0.717, 1.165) is 23.6 Å². The summed E-state index contributed by atoms with van der Waals surface area (Å²) in [5.41, 5.74) is 4.85. The monoisotopic (exact) mass is 246 g/mol. The molecule has 1 unspecified atom stereocenters. The zero-order chi connectivity index (χ0) is 13.0. The van der Waals surface area contributed by atoms with E-state index in [4.69, 9.17) is 10.6 Å². The Bertz CT molecular complexity index is 509. The van der Waals surface area contributed by atoms with Crippen molar-refractivity contribution in [1.82, 2.24) is 15.2 Å². The maximum atomic E-state index is 5.70. The van der Waals surface area contributed by atoms with E-state index in [0.29, 0.717) is 0 Å². The topological polar surface area (TPSA) is 65.1 Å². The van der Waals surface area contributed by atoms with Crippen molar-refractivity contribution in [2.24, 2.45) is 5.84 Å². The number of para-hydroxylation sites is 1. The molecule has 0 spiro atoms. The molecule has 1 heterocycles. The Labute approximate surface area is 107 Å². The minimum absolute atomic E-state index is 0.136. The van der Waals surface area contributed by atoms with Crippen LogP contribution >= 0.6 is 0 Å². The summed E-state index contributed by atoms with van der Waals surface area (Å²) < 4.78 is 7.29. The molecule has 0 amide bonds. The van der Waals surface area contributed by atoms with Gasteiger partial charge in [-0.3, -0.25) is 10.5 Å². The second kappa shape index (κ2) is 5.66. The van der Waals surface area contributed by atoms with Gasteiger partial charge in [0.1, 0.15) is 5.75 Å². The van der Waals surface area contributed by atoms with Gasteiger partial charge in [-0.15, -0.1) is 0 Å². The van der Waals surface area contributed by atoms with E-state index >= 15 is 0 Å². The third-order valence-electron chi connectivity index (χ3n) is 2.96. The number of ether oxygens (including phenoxy) is 1. The number of benzene rings is 1. The molecule has 1 atom stereocenters. The number of hydrazine groups is 1. The van der Waals surface area contributed by atoms with E-state index in [1.807, 2.05) is 41.9 Å². The fraction of sp³-hybridized carbons (Fsp3) is 0.308. The molecule has 5 nitrogen and oxygen atoms in total. The zero-order valence-corrected chi connectivity index (χ0v) is 10.6. The van der Waals surface area contributed by atoms with Crippen LogP contribution in [-0.4, -0.2) is 16.9 Å². The van der Waals surface area contributed by atoms with Gasteiger partial charge in [0.15, 0.2) is 0 Å². The molecule has 1 aromatic heterocycles. The molecular formula is C13H18N4O. The Kier molecular flexibility index (Phi) is 3.96. The van der Waals surface area contributed by atoms with Crippen LogP contribution < -0.4 is 16.0 Å². The van der Waals surface area contributed by atoms with Crippen molar-refractivity contribution in [1.29, 1.82) is 0 Å². The largest absolute Gasteiger partial charge is 0.496 e. The van der Waals surface area contributed by atoms with E-state index in [1.165, 1.54) is 0 Å². The van der Waals surface area contributed by atoms with Gasteiger partial charge >= 0.3 is 0 Å². The molecule has 2 rings (SSSR count). The smallest absolute Gasteiger partial charge is 0.124 e. The predicted molar refractivity (Wildman–Crippen MR) is 70.1 cm³/mol. The minimum atomic E-state index is -0.136. The average molecular weight is 246 g/mol. The Morgan fingerprint density at radius 3 is 2.83 bits per heavy atom. The van der Waals surface area contributed by atoms with E-state index in [2.05, 4.69) is 10.5 Å². The Balaban J connectivity index is 2.45. The molecule has 96 valence electrons. The van der Waals surface area contributed by atoms with Crippen molar-refractivity contribution in [2.75, 3.05) is 7.11 Å². The molecule has 0 saturated carbocycles. The number of aromatic nitrogens is 2. The number of aryl methyl sites for hydroxylation is 1. The zero-order valence-electron chi connectivity index (χ0n) is 10.6. The first-order valence-electron chi connectivity index (χ1n) is 5.92. The number of hydrogen-bond donors (Lipinski definition) is 2. The van der Waals surface area contributed by atoms with Crippen molar-refractivity contribution < 1.29 is 4.74 Å². The molecule has 0 bridgehead atoms. The Hall–Kier alpha value is -1.85. The van der Waals surface area contributed by atoms with Crippen molar-refractivity contribution in [3.8, 4) is 5.75 Å². The molecule has 5 heteroatoms. The lowest BCUT2D eigenvalue weighted by atomic mass is 10.0. The third kappa shape index (κ3) is 2.23. The van der Waals surface area contributed by atoms with Crippen LogP contribution in [0.2, 0.25) is 0 Å². The summed E-state index contributed by atoms with van der Waals surface area (Å²) >= 11 is 0. The summed E-state index contributed by atoms with van der Waals surface area (Å²) in [4.78, 5) is 0. The van der Waals surface area contributed by atoms with Crippen LogP contribution in [0.15, 0.2) is 36.5 Å². The summed E-state index contributed by atoms with van der Waals surface area (Å²) in [6.07, 6.45) is 1.78. The van der Waals surface area contributed by atoms with Crippen molar-refractivity contribution in [3.05, 3.63) is 47.8 Å². The van der Waals surface area contributed by atoms with Gasteiger partial charge in [-0.2, -0.15) is 5.10 Å². The van der Waals surface area contributed by atoms with Crippen molar-refractivity contribution in [2.45, 2.75) is 19.5 Å². The summed E-state index contributed by atoms with van der Waals surface area (Å²) in [7, 11) is 1.66. The van der Waals surface area contributed by atoms with Gasteiger partial charge < -0.3 is 4.74 Å². The van der Waals surface area contributed by atoms with Crippen LogP contribution in [0.3, 0.4) is 0 Å². The maximum Gasteiger partial charge on any atom is 0.124 e. The number of hydrogen-bond acceptors (Lipinski definition) is 4. The SMILES string of the molecule is CCn1nccc1C(NN)c1ccccc1OC. The molecule has 0 aliphatic rings. The van der Waals surface area contributed by atoms with Gasteiger partial charge in [0.25, 0.3) is 0 Å². The fourth-order valence-electron chi connectivity index (χ4n) is 2.09. The normalized spacial score (nSPS) is 12.4. The molecule has 2 aromatic rings. The van der Waals surface area contributed by atoms with E-state index in [1.54, 1.807) is 13.3 Å². The van der Waals surface area contributed by atoms with Gasteiger partial charge in [0.05, 0.1) is 18.8 Å².